The van der Waals surface area contributed by atoms with E-state index in [4.69, 9.17) is 23.1 Å². The topological polar surface area (TPSA) is 131 Å². The van der Waals surface area contributed by atoms with Crippen molar-refractivity contribution in [2.75, 3.05) is 12.3 Å². The van der Waals surface area contributed by atoms with E-state index in [-0.39, 0.29) is 34.6 Å². The molecule has 10 heteroatoms. The second kappa shape index (κ2) is 12.0. The standard InChI is InChI=1S/C23H32ClN5O3S/c1-13(2)9-10-27-22(31)17(11-14(3)4)29(12-15-7-5-6-8-16(15)24)23(32)20-18(25)19(21(26)30)28-33-20/h5-8,13-14,17H,9-12,25H2,1-4H3,(H2,26,30)(H,27,31). The lowest BCUT2D eigenvalue weighted by molar-refractivity contribution is -0.126. The summed E-state index contributed by atoms with van der Waals surface area (Å²) >= 11 is 7.16. The highest BCUT2D eigenvalue weighted by Crippen LogP contribution is 2.28. The Kier molecular flexibility index (Phi) is 9.67. The summed E-state index contributed by atoms with van der Waals surface area (Å²) in [6.45, 7) is 8.73. The normalized spacial score (nSPS) is 12.1. The minimum Gasteiger partial charge on any atom is -0.395 e. The van der Waals surface area contributed by atoms with Crippen LogP contribution in [0.5, 0.6) is 0 Å². The molecule has 0 fully saturated rings. The van der Waals surface area contributed by atoms with E-state index < -0.39 is 17.9 Å². The molecule has 2 rings (SSSR count). The van der Waals surface area contributed by atoms with E-state index in [0.717, 1.165) is 18.0 Å². The van der Waals surface area contributed by atoms with Crippen molar-refractivity contribution in [3.8, 4) is 0 Å². The molecule has 1 aromatic heterocycles. The predicted molar refractivity (Wildman–Crippen MR) is 132 cm³/mol. The number of nitrogen functional groups attached to an aromatic ring is 1. The van der Waals surface area contributed by atoms with Gasteiger partial charge in [0.2, 0.25) is 5.91 Å². The number of hydrogen-bond donors (Lipinski definition) is 3. The average Bonchev–Trinajstić information content (AvgIpc) is 3.12. The fraction of sp³-hybridized carbons (Fsp3) is 0.478. The molecule has 0 radical (unpaired) electrons. The Bertz CT molecular complexity index is 992. The van der Waals surface area contributed by atoms with Crippen LogP contribution in [0.1, 0.15) is 66.3 Å². The molecule has 1 heterocycles. The molecule has 0 spiro atoms. The molecule has 33 heavy (non-hydrogen) atoms. The quantitative estimate of drug-likeness (QED) is 0.439. The van der Waals surface area contributed by atoms with Crippen LogP contribution in [0.25, 0.3) is 0 Å². The van der Waals surface area contributed by atoms with Gasteiger partial charge in [0.15, 0.2) is 5.69 Å². The Morgan fingerprint density at radius 2 is 1.82 bits per heavy atom. The lowest BCUT2D eigenvalue weighted by atomic mass is 10.00. The molecule has 0 bridgehead atoms. The van der Waals surface area contributed by atoms with Gasteiger partial charge in [0.25, 0.3) is 11.8 Å². The van der Waals surface area contributed by atoms with Crippen molar-refractivity contribution in [3.63, 3.8) is 0 Å². The third-order valence-electron chi connectivity index (χ3n) is 5.11. The molecule has 1 aromatic carbocycles. The fourth-order valence-electron chi connectivity index (χ4n) is 3.32. The molecular formula is C23H32ClN5O3S. The first-order valence-corrected chi connectivity index (χ1v) is 12.0. The maximum atomic E-state index is 13.7. The molecule has 2 aromatic rings. The van der Waals surface area contributed by atoms with Gasteiger partial charge in [0, 0.05) is 18.1 Å². The first-order chi connectivity index (χ1) is 15.5. The van der Waals surface area contributed by atoms with Gasteiger partial charge in [-0.3, -0.25) is 14.4 Å². The van der Waals surface area contributed by atoms with E-state index in [9.17, 15) is 14.4 Å². The molecule has 180 valence electrons. The summed E-state index contributed by atoms with van der Waals surface area (Å²) < 4.78 is 3.95. The van der Waals surface area contributed by atoms with Crippen molar-refractivity contribution < 1.29 is 14.4 Å². The van der Waals surface area contributed by atoms with Crippen molar-refractivity contribution in [2.45, 2.75) is 53.1 Å². The van der Waals surface area contributed by atoms with Gasteiger partial charge in [-0.05, 0) is 47.8 Å². The molecule has 0 aliphatic heterocycles. The molecule has 5 N–H and O–H groups in total. The molecule has 0 saturated heterocycles. The number of nitrogens with one attached hydrogen (secondary N) is 1. The lowest BCUT2D eigenvalue weighted by Crippen LogP contribution is -2.50. The highest BCUT2D eigenvalue weighted by Gasteiger charge is 2.34. The number of nitrogens with zero attached hydrogens (tertiary/aromatic N) is 2. The Hall–Kier alpha value is -2.65. The van der Waals surface area contributed by atoms with Crippen molar-refractivity contribution in [1.82, 2.24) is 14.6 Å². The lowest BCUT2D eigenvalue weighted by Gasteiger charge is -2.32. The smallest absolute Gasteiger partial charge is 0.270 e. The number of nitrogens with two attached hydrogens (primary N) is 2. The first-order valence-electron chi connectivity index (χ1n) is 10.9. The van der Waals surface area contributed by atoms with Gasteiger partial charge in [0.1, 0.15) is 10.9 Å². The molecular weight excluding hydrogens is 462 g/mol. The first kappa shape index (κ1) is 26.6. The van der Waals surface area contributed by atoms with Gasteiger partial charge in [-0.1, -0.05) is 57.5 Å². The molecule has 0 aliphatic carbocycles. The van der Waals surface area contributed by atoms with E-state index in [1.807, 2.05) is 19.9 Å². The number of anilines is 1. The number of hydrogen-bond acceptors (Lipinski definition) is 6. The Morgan fingerprint density at radius 3 is 2.36 bits per heavy atom. The summed E-state index contributed by atoms with van der Waals surface area (Å²) in [5.41, 5.74) is 11.8. The van der Waals surface area contributed by atoms with Crippen LogP contribution in [0, 0.1) is 11.8 Å². The number of primary amides is 1. The molecule has 8 nitrogen and oxygen atoms in total. The van der Waals surface area contributed by atoms with Crippen LogP contribution in [0.15, 0.2) is 24.3 Å². The van der Waals surface area contributed by atoms with Gasteiger partial charge >= 0.3 is 0 Å². The van der Waals surface area contributed by atoms with Crippen molar-refractivity contribution in [3.05, 3.63) is 45.4 Å². The third kappa shape index (κ3) is 7.17. The fourth-order valence-corrected chi connectivity index (χ4v) is 4.27. The van der Waals surface area contributed by atoms with Crippen LogP contribution < -0.4 is 16.8 Å². The number of amides is 3. The van der Waals surface area contributed by atoms with Crippen LogP contribution in [-0.4, -0.2) is 39.6 Å². The zero-order valence-electron chi connectivity index (χ0n) is 19.4. The average molecular weight is 494 g/mol. The summed E-state index contributed by atoms with van der Waals surface area (Å²) in [6.07, 6.45) is 1.26. The summed E-state index contributed by atoms with van der Waals surface area (Å²) in [7, 11) is 0. The predicted octanol–water partition coefficient (Wildman–Crippen LogP) is 3.70. The minimum absolute atomic E-state index is 0.0691. The maximum Gasteiger partial charge on any atom is 0.270 e. The van der Waals surface area contributed by atoms with Crippen LogP contribution >= 0.6 is 23.1 Å². The molecule has 0 saturated carbocycles. The SMILES string of the molecule is CC(C)CCNC(=O)C(CC(C)C)N(Cc1ccccc1Cl)C(=O)c1snc(C(N)=O)c1N. The van der Waals surface area contributed by atoms with Gasteiger partial charge in [-0.15, -0.1) is 0 Å². The zero-order chi connectivity index (χ0) is 24.7. The number of halogens is 1. The molecule has 3 amide bonds. The largest absolute Gasteiger partial charge is 0.395 e. The van der Waals surface area contributed by atoms with E-state index in [2.05, 4.69) is 23.5 Å². The van der Waals surface area contributed by atoms with Crippen LogP contribution in [-0.2, 0) is 11.3 Å². The van der Waals surface area contributed by atoms with E-state index >= 15 is 0 Å². The number of carbonyl (C=O) groups excluding carboxylic acids is 3. The van der Waals surface area contributed by atoms with Gasteiger partial charge in [-0.2, -0.15) is 4.37 Å². The van der Waals surface area contributed by atoms with Gasteiger partial charge in [0.05, 0.1) is 5.69 Å². The number of aromatic nitrogens is 1. The van der Waals surface area contributed by atoms with Gasteiger partial charge < -0.3 is 21.7 Å². The highest BCUT2D eigenvalue weighted by atomic mass is 35.5. The highest BCUT2D eigenvalue weighted by molar-refractivity contribution is 7.09. The Balaban J connectivity index is 2.47. The molecule has 1 unspecified atom stereocenters. The van der Waals surface area contributed by atoms with E-state index in [1.165, 1.54) is 4.90 Å². The molecule has 0 aliphatic rings. The summed E-state index contributed by atoms with van der Waals surface area (Å²) in [6, 6.07) is 6.38. The third-order valence-corrected chi connectivity index (χ3v) is 6.33. The maximum absolute atomic E-state index is 13.7. The van der Waals surface area contributed by atoms with Crippen LogP contribution in [0.2, 0.25) is 5.02 Å². The molecule has 1 atom stereocenters. The van der Waals surface area contributed by atoms with Crippen LogP contribution in [0.4, 0.5) is 5.69 Å². The van der Waals surface area contributed by atoms with Crippen LogP contribution in [0.3, 0.4) is 0 Å². The number of benzene rings is 1. The van der Waals surface area contributed by atoms with Crippen molar-refractivity contribution in [1.29, 1.82) is 0 Å². The Morgan fingerprint density at radius 1 is 1.15 bits per heavy atom. The number of carbonyl (C=O) groups is 3. The summed E-state index contributed by atoms with van der Waals surface area (Å²) in [5, 5.41) is 3.44. The second-order valence-electron chi connectivity index (χ2n) is 8.78. The zero-order valence-corrected chi connectivity index (χ0v) is 21.0. The minimum atomic E-state index is -0.814. The van der Waals surface area contributed by atoms with Crippen molar-refractivity contribution in [2.24, 2.45) is 17.6 Å². The summed E-state index contributed by atoms with van der Waals surface area (Å²) in [5.74, 6) is -0.998. The monoisotopic (exact) mass is 493 g/mol. The summed E-state index contributed by atoms with van der Waals surface area (Å²) in [4.78, 5) is 40.1. The van der Waals surface area contributed by atoms with Crippen molar-refractivity contribution >= 4 is 46.5 Å². The van der Waals surface area contributed by atoms with E-state index in [0.29, 0.717) is 29.5 Å². The number of rotatable bonds is 11. The Labute approximate surface area is 203 Å². The van der Waals surface area contributed by atoms with E-state index in [1.54, 1.807) is 18.2 Å². The second-order valence-corrected chi connectivity index (χ2v) is 9.96. The van der Waals surface area contributed by atoms with Gasteiger partial charge in [-0.25, -0.2) is 0 Å².